The molecule has 36 heavy (non-hydrogen) atoms. The molecule has 174 valence electrons. The number of carbonyl (C=O) groups excluding carboxylic acids is 3. The third kappa shape index (κ3) is 3.26. The Morgan fingerprint density at radius 1 is 0.889 bits per heavy atom. The molecule has 0 fully saturated rings. The predicted octanol–water partition coefficient (Wildman–Crippen LogP) is 5.33. The average Bonchev–Trinajstić information content (AvgIpc) is 3.13. The van der Waals surface area contributed by atoms with Gasteiger partial charge in [-0.25, -0.2) is 0 Å². The highest BCUT2D eigenvalue weighted by Gasteiger charge is 2.35. The predicted molar refractivity (Wildman–Crippen MR) is 139 cm³/mol. The number of amides is 1. The number of aromatic amines is 1. The number of allylic oxidation sites excluding steroid dienone is 3. The van der Waals surface area contributed by atoms with Gasteiger partial charge in [0.2, 0.25) is 0 Å². The Balaban J connectivity index is 1.66. The fourth-order valence-corrected chi connectivity index (χ4v) is 5.01. The molecule has 6 rings (SSSR count). The van der Waals surface area contributed by atoms with Gasteiger partial charge in [0.1, 0.15) is 0 Å². The zero-order valence-corrected chi connectivity index (χ0v) is 19.5. The van der Waals surface area contributed by atoms with Crippen molar-refractivity contribution in [2.75, 3.05) is 5.32 Å². The summed E-state index contributed by atoms with van der Waals surface area (Å²) in [6.45, 7) is 0. The van der Waals surface area contributed by atoms with Crippen molar-refractivity contribution in [3.05, 3.63) is 127 Å². The van der Waals surface area contributed by atoms with Crippen LogP contribution in [0.1, 0.15) is 53.5 Å². The van der Waals surface area contributed by atoms with E-state index < -0.39 is 17.5 Å². The lowest BCUT2D eigenvalue weighted by Crippen LogP contribution is -2.26. The summed E-state index contributed by atoms with van der Waals surface area (Å²) in [6, 6.07) is 14.5. The lowest BCUT2D eigenvalue weighted by atomic mass is 9.81. The number of ketones is 2. The molecule has 6 nitrogen and oxygen atoms in total. The summed E-state index contributed by atoms with van der Waals surface area (Å²) >= 11 is 6.21. The molecule has 3 aromatic carbocycles. The standard InChI is InChI=1S/C29H17ClN2O4/c30-20-12-7-6-10-17(20)29(36)32-22-14-19-25(31-21-13-3-1-2-11-18(21)26(19)33)24-23(22)27(34)15-8-4-5-9-16(15)28(24)35/h1-12,14H,13H2,(H,31,33)(H,32,36). The number of pyridine rings is 1. The normalized spacial score (nSPS) is 13.7. The summed E-state index contributed by atoms with van der Waals surface area (Å²) in [5.74, 6) is -1.36. The fraction of sp³-hybridized carbons (Fsp3) is 0.0345. The van der Waals surface area contributed by atoms with Crippen molar-refractivity contribution in [3.8, 4) is 0 Å². The van der Waals surface area contributed by atoms with Gasteiger partial charge in [0.15, 0.2) is 17.0 Å². The number of halogens is 1. The maximum Gasteiger partial charge on any atom is 0.257 e. The molecule has 0 atom stereocenters. The van der Waals surface area contributed by atoms with Crippen molar-refractivity contribution < 1.29 is 14.4 Å². The molecule has 4 aromatic rings. The first kappa shape index (κ1) is 21.9. The Labute approximate surface area is 209 Å². The van der Waals surface area contributed by atoms with Crippen LogP contribution in [0.25, 0.3) is 17.0 Å². The van der Waals surface area contributed by atoms with E-state index in [9.17, 15) is 19.2 Å². The van der Waals surface area contributed by atoms with E-state index in [4.69, 9.17) is 11.6 Å². The molecular weight excluding hydrogens is 476 g/mol. The maximum atomic E-state index is 13.7. The molecule has 0 bridgehead atoms. The average molecular weight is 493 g/mol. The number of hydrogen-bond acceptors (Lipinski definition) is 4. The van der Waals surface area contributed by atoms with Crippen molar-refractivity contribution in [2.45, 2.75) is 6.42 Å². The summed E-state index contributed by atoms with van der Waals surface area (Å²) in [5, 5.41) is 3.18. The maximum absolute atomic E-state index is 13.7. The third-order valence-corrected chi connectivity index (χ3v) is 6.82. The number of H-pyrrole nitrogens is 1. The number of benzene rings is 3. The highest BCUT2D eigenvalue weighted by Crippen LogP contribution is 2.37. The van der Waals surface area contributed by atoms with E-state index in [-0.39, 0.29) is 54.9 Å². The van der Waals surface area contributed by atoms with Crippen LogP contribution in [-0.2, 0) is 6.42 Å². The summed E-state index contributed by atoms with van der Waals surface area (Å²) in [7, 11) is 0. The summed E-state index contributed by atoms with van der Waals surface area (Å²) in [6.07, 6.45) is 7.69. The number of aromatic nitrogens is 1. The van der Waals surface area contributed by atoms with Crippen molar-refractivity contribution in [2.24, 2.45) is 0 Å². The molecule has 2 aliphatic rings. The molecule has 0 aliphatic heterocycles. The minimum absolute atomic E-state index is 0.0434. The molecule has 0 unspecified atom stereocenters. The van der Waals surface area contributed by atoms with Gasteiger partial charge in [-0.05, 0) is 24.3 Å². The van der Waals surface area contributed by atoms with Gasteiger partial charge in [0.05, 0.1) is 32.9 Å². The van der Waals surface area contributed by atoms with Gasteiger partial charge in [-0.15, -0.1) is 0 Å². The SMILES string of the molecule is O=C(Nc1cc2c(=O)c3c([nH]c2c2c1C(=O)c1ccccc1C2=O)CC=CC=C3)c1ccccc1Cl. The molecule has 1 amide bonds. The number of anilines is 1. The lowest BCUT2D eigenvalue weighted by molar-refractivity contribution is 0.0979. The minimum Gasteiger partial charge on any atom is -0.357 e. The second kappa shape index (κ2) is 8.29. The van der Waals surface area contributed by atoms with Gasteiger partial charge >= 0.3 is 0 Å². The molecule has 0 saturated heterocycles. The highest BCUT2D eigenvalue weighted by atomic mass is 35.5. The zero-order chi connectivity index (χ0) is 25.0. The number of fused-ring (bicyclic) bond motifs is 5. The number of hydrogen-bond donors (Lipinski definition) is 2. The Morgan fingerprint density at radius 2 is 1.58 bits per heavy atom. The quantitative estimate of drug-likeness (QED) is 0.348. The molecule has 0 radical (unpaired) electrons. The van der Waals surface area contributed by atoms with E-state index in [1.165, 1.54) is 6.07 Å². The van der Waals surface area contributed by atoms with Crippen molar-refractivity contribution in [1.82, 2.24) is 4.98 Å². The van der Waals surface area contributed by atoms with Crippen LogP contribution in [0, 0.1) is 0 Å². The molecule has 7 heteroatoms. The van der Waals surface area contributed by atoms with E-state index in [0.29, 0.717) is 17.7 Å². The summed E-state index contributed by atoms with van der Waals surface area (Å²) in [5.41, 5.74) is 1.98. The van der Waals surface area contributed by atoms with Gasteiger partial charge in [-0.3, -0.25) is 19.2 Å². The van der Waals surface area contributed by atoms with Crippen LogP contribution in [0.5, 0.6) is 0 Å². The van der Waals surface area contributed by atoms with Crippen LogP contribution in [-0.4, -0.2) is 22.5 Å². The molecule has 1 aromatic heterocycles. The van der Waals surface area contributed by atoms with Gasteiger partial charge in [0, 0.05) is 34.2 Å². The monoisotopic (exact) mass is 492 g/mol. The van der Waals surface area contributed by atoms with Crippen LogP contribution < -0.4 is 10.7 Å². The Morgan fingerprint density at radius 3 is 2.33 bits per heavy atom. The highest BCUT2D eigenvalue weighted by molar-refractivity contribution is 6.36. The zero-order valence-electron chi connectivity index (χ0n) is 18.7. The molecule has 0 saturated carbocycles. The van der Waals surface area contributed by atoms with Gasteiger partial charge < -0.3 is 10.3 Å². The van der Waals surface area contributed by atoms with E-state index in [0.717, 1.165) is 0 Å². The van der Waals surface area contributed by atoms with E-state index in [1.807, 2.05) is 12.2 Å². The smallest absolute Gasteiger partial charge is 0.257 e. The van der Waals surface area contributed by atoms with Crippen LogP contribution in [0.2, 0.25) is 5.02 Å². The first-order valence-corrected chi connectivity index (χ1v) is 11.7. The van der Waals surface area contributed by atoms with E-state index in [1.54, 1.807) is 60.7 Å². The van der Waals surface area contributed by atoms with Gasteiger partial charge in [0.25, 0.3) is 5.91 Å². The summed E-state index contributed by atoms with van der Waals surface area (Å²) in [4.78, 5) is 57.4. The van der Waals surface area contributed by atoms with E-state index >= 15 is 0 Å². The first-order chi connectivity index (χ1) is 17.5. The van der Waals surface area contributed by atoms with E-state index in [2.05, 4.69) is 10.3 Å². The van der Waals surface area contributed by atoms with Crippen LogP contribution in [0.15, 0.2) is 77.6 Å². The largest absolute Gasteiger partial charge is 0.357 e. The Bertz CT molecular complexity index is 1780. The lowest BCUT2D eigenvalue weighted by Gasteiger charge is -2.23. The van der Waals surface area contributed by atoms with Crippen molar-refractivity contribution >= 4 is 51.7 Å². The van der Waals surface area contributed by atoms with Gasteiger partial charge in [-0.2, -0.15) is 0 Å². The number of carbonyl (C=O) groups is 3. The number of rotatable bonds is 2. The Kier molecular flexibility index (Phi) is 5.05. The molecule has 0 spiro atoms. The van der Waals surface area contributed by atoms with Crippen LogP contribution in [0.3, 0.4) is 0 Å². The molecule has 2 N–H and O–H groups in total. The first-order valence-electron chi connectivity index (χ1n) is 11.3. The fourth-order valence-electron chi connectivity index (χ4n) is 4.79. The third-order valence-electron chi connectivity index (χ3n) is 6.49. The second-order valence-corrected chi connectivity index (χ2v) is 8.98. The number of nitrogens with one attached hydrogen (secondary N) is 2. The van der Waals surface area contributed by atoms with Crippen LogP contribution >= 0.6 is 11.6 Å². The molecule has 2 aliphatic carbocycles. The summed E-state index contributed by atoms with van der Waals surface area (Å²) < 4.78 is 0. The van der Waals surface area contributed by atoms with Crippen molar-refractivity contribution in [3.63, 3.8) is 0 Å². The molecule has 1 heterocycles. The van der Waals surface area contributed by atoms with Gasteiger partial charge in [-0.1, -0.05) is 66.2 Å². The topological polar surface area (TPSA) is 96.1 Å². The Hall–Kier alpha value is -4.55. The minimum atomic E-state index is -0.559. The second-order valence-electron chi connectivity index (χ2n) is 8.57. The van der Waals surface area contributed by atoms with Crippen LogP contribution in [0.4, 0.5) is 5.69 Å². The van der Waals surface area contributed by atoms with Crippen molar-refractivity contribution in [1.29, 1.82) is 0 Å². The molecular formula is C29H17ClN2O4.